The molecular formula is C15H22ClNO3. The van der Waals surface area contributed by atoms with Gasteiger partial charge in [-0.15, -0.1) is 0 Å². The van der Waals surface area contributed by atoms with Crippen LogP contribution < -0.4 is 4.90 Å². The van der Waals surface area contributed by atoms with Crippen molar-refractivity contribution in [3.8, 4) is 0 Å². The summed E-state index contributed by atoms with van der Waals surface area (Å²) in [5.74, 6) is 0. The first kappa shape index (κ1) is 17.0. The van der Waals surface area contributed by atoms with Crippen LogP contribution in [0.15, 0.2) is 18.2 Å². The molecule has 0 spiro atoms. The van der Waals surface area contributed by atoms with Gasteiger partial charge in [0.15, 0.2) is 6.29 Å². The first-order valence-electron chi connectivity index (χ1n) is 6.88. The number of halogens is 1. The first-order chi connectivity index (χ1) is 9.74. The highest BCUT2D eigenvalue weighted by Gasteiger charge is 2.14. The summed E-state index contributed by atoms with van der Waals surface area (Å²) in [6, 6.07) is 5.33. The lowest BCUT2D eigenvalue weighted by atomic mass is 10.1. The fourth-order valence-corrected chi connectivity index (χ4v) is 2.24. The maximum atomic E-state index is 11.2. The van der Waals surface area contributed by atoms with Gasteiger partial charge in [0.05, 0.1) is 23.9 Å². The summed E-state index contributed by atoms with van der Waals surface area (Å²) >= 11 is 6.25. The van der Waals surface area contributed by atoms with Crippen LogP contribution in [-0.4, -0.2) is 45.8 Å². The van der Waals surface area contributed by atoms with Crippen LogP contribution in [0.4, 0.5) is 5.69 Å². The van der Waals surface area contributed by atoms with Crippen LogP contribution in [0.2, 0.25) is 5.02 Å². The van der Waals surface area contributed by atoms with E-state index in [0.717, 1.165) is 12.0 Å². The number of anilines is 1. The minimum absolute atomic E-state index is 0.572. The fourth-order valence-electron chi connectivity index (χ4n) is 1.93. The van der Waals surface area contributed by atoms with Crippen molar-refractivity contribution in [2.24, 2.45) is 0 Å². The second kappa shape index (κ2) is 9.75. The molecule has 1 rings (SSSR count). The Morgan fingerprint density at radius 3 is 2.25 bits per heavy atom. The maximum absolute atomic E-state index is 11.2. The average Bonchev–Trinajstić information content (AvgIpc) is 2.46. The number of para-hydroxylation sites is 1. The van der Waals surface area contributed by atoms with Crippen molar-refractivity contribution in [3.05, 3.63) is 28.8 Å². The fraction of sp³-hybridized carbons (Fsp3) is 0.533. The molecule has 112 valence electrons. The van der Waals surface area contributed by atoms with E-state index in [0.29, 0.717) is 50.1 Å². The molecule has 0 aliphatic carbocycles. The van der Waals surface area contributed by atoms with Gasteiger partial charge in [-0.1, -0.05) is 17.7 Å². The lowest BCUT2D eigenvalue weighted by Gasteiger charge is -2.26. The van der Waals surface area contributed by atoms with Crippen molar-refractivity contribution in [2.75, 3.05) is 44.4 Å². The highest BCUT2D eigenvalue weighted by Crippen LogP contribution is 2.28. The molecule has 0 aliphatic heterocycles. The molecule has 0 bridgehead atoms. The van der Waals surface area contributed by atoms with E-state index in [2.05, 4.69) is 0 Å². The number of carbonyl (C=O) groups excluding carboxylic acids is 1. The van der Waals surface area contributed by atoms with E-state index in [9.17, 15) is 4.79 Å². The van der Waals surface area contributed by atoms with Gasteiger partial charge in [-0.05, 0) is 26.0 Å². The summed E-state index contributed by atoms with van der Waals surface area (Å²) in [5, 5.41) is 0.572. The molecule has 5 heteroatoms. The zero-order valence-corrected chi connectivity index (χ0v) is 12.9. The molecule has 0 fully saturated rings. The predicted molar refractivity (Wildman–Crippen MR) is 82.0 cm³/mol. The topological polar surface area (TPSA) is 38.8 Å². The number of nitrogens with zero attached hydrogens (tertiary/aromatic N) is 1. The molecule has 0 aliphatic rings. The highest BCUT2D eigenvalue weighted by molar-refractivity contribution is 6.33. The van der Waals surface area contributed by atoms with Gasteiger partial charge in [0.25, 0.3) is 0 Å². The minimum atomic E-state index is 0.572. The van der Waals surface area contributed by atoms with Crippen LogP contribution in [-0.2, 0) is 9.47 Å². The van der Waals surface area contributed by atoms with Crippen LogP contribution in [0.3, 0.4) is 0 Å². The zero-order valence-electron chi connectivity index (χ0n) is 12.1. The lowest BCUT2D eigenvalue weighted by Crippen LogP contribution is -2.32. The van der Waals surface area contributed by atoms with Gasteiger partial charge >= 0.3 is 0 Å². The van der Waals surface area contributed by atoms with Gasteiger partial charge < -0.3 is 14.4 Å². The zero-order chi connectivity index (χ0) is 14.8. The van der Waals surface area contributed by atoms with Crippen molar-refractivity contribution in [1.29, 1.82) is 0 Å². The third-order valence-corrected chi connectivity index (χ3v) is 3.19. The van der Waals surface area contributed by atoms with E-state index in [1.807, 2.05) is 18.7 Å². The molecule has 0 aromatic heterocycles. The van der Waals surface area contributed by atoms with Crippen molar-refractivity contribution in [1.82, 2.24) is 0 Å². The molecule has 0 heterocycles. The molecule has 0 saturated carbocycles. The monoisotopic (exact) mass is 299 g/mol. The van der Waals surface area contributed by atoms with Gasteiger partial charge in [-0.25, -0.2) is 0 Å². The molecular weight excluding hydrogens is 278 g/mol. The Balaban J connectivity index is 2.87. The second-order valence-electron chi connectivity index (χ2n) is 4.18. The summed E-state index contributed by atoms with van der Waals surface area (Å²) in [7, 11) is 0. The molecule has 20 heavy (non-hydrogen) atoms. The second-order valence-corrected chi connectivity index (χ2v) is 4.58. The molecule has 0 amide bonds. The summed E-state index contributed by atoms with van der Waals surface area (Å²) in [5.41, 5.74) is 1.34. The van der Waals surface area contributed by atoms with Crippen molar-refractivity contribution in [2.45, 2.75) is 13.8 Å². The number of aldehydes is 1. The summed E-state index contributed by atoms with van der Waals surface area (Å²) < 4.78 is 10.8. The number of hydrogen-bond acceptors (Lipinski definition) is 4. The molecule has 1 aromatic carbocycles. The Morgan fingerprint density at radius 1 is 1.15 bits per heavy atom. The third-order valence-electron chi connectivity index (χ3n) is 2.88. The van der Waals surface area contributed by atoms with E-state index in [1.54, 1.807) is 18.2 Å². The highest BCUT2D eigenvalue weighted by atomic mass is 35.5. The van der Waals surface area contributed by atoms with Crippen molar-refractivity contribution in [3.63, 3.8) is 0 Å². The molecule has 0 atom stereocenters. The maximum Gasteiger partial charge on any atom is 0.152 e. The molecule has 0 radical (unpaired) electrons. The van der Waals surface area contributed by atoms with Gasteiger partial charge in [-0.3, -0.25) is 4.79 Å². The number of ether oxygens (including phenoxy) is 2. The lowest BCUT2D eigenvalue weighted by molar-refractivity contribution is 0.112. The largest absolute Gasteiger partial charge is 0.380 e. The smallest absolute Gasteiger partial charge is 0.152 e. The van der Waals surface area contributed by atoms with Crippen LogP contribution in [0.25, 0.3) is 0 Å². The minimum Gasteiger partial charge on any atom is -0.380 e. The Bertz CT molecular complexity index is 402. The Hall–Kier alpha value is -1.10. The van der Waals surface area contributed by atoms with Gasteiger partial charge in [-0.2, -0.15) is 0 Å². The predicted octanol–water partition coefficient (Wildman–Crippen LogP) is 3.03. The Morgan fingerprint density at radius 2 is 1.75 bits per heavy atom. The van der Waals surface area contributed by atoms with Crippen LogP contribution in [0, 0.1) is 0 Å². The summed E-state index contributed by atoms with van der Waals surface area (Å²) in [6.45, 7) is 7.77. The van der Waals surface area contributed by atoms with Crippen LogP contribution in [0.5, 0.6) is 0 Å². The third kappa shape index (κ3) is 5.12. The number of carbonyl (C=O) groups is 1. The molecule has 1 aromatic rings. The standard InChI is InChI=1S/C15H22ClNO3/c1-3-19-10-8-17(9-11-20-4-2)15-13(12-18)6-5-7-14(15)16/h5-7,12H,3-4,8-11H2,1-2H3. The number of benzene rings is 1. The number of hydrogen-bond donors (Lipinski definition) is 0. The van der Waals surface area contributed by atoms with Gasteiger partial charge in [0.1, 0.15) is 0 Å². The van der Waals surface area contributed by atoms with E-state index < -0.39 is 0 Å². The SMILES string of the molecule is CCOCCN(CCOCC)c1c(Cl)cccc1C=O. The molecule has 0 unspecified atom stereocenters. The van der Waals surface area contributed by atoms with E-state index in [4.69, 9.17) is 21.1 Å². The van der Waals surface area contributed by atoms with E-state index >= 15 is 0 Å². The van der Waals surface area contributed by atoms with Crippen LogP contribution >= 0.6 is 11.6 Å². The summed E-state index contributed by atoms with van der Waals surface area (Å²) in [4.78, 5) is 13.2. The quantitative estimate of drug-likeness (QED) is 0.492. The average molecular weight is 300 g/mol. The number of rotatable bonds is 10. The van der Waals surface area contributed by atoms with Crippen molar-refractivity contribution < 1.29 is 14.3 Å². The van der Waals surface area contributed by atoms with Gasteiger partial charge in [0, 0.05) is 31.9 Å². The van der Waals surface area contributed by atoms with E-state index in [1.165, 1.54) is 0 Å². The Kier molecular flexibility index (Phi) is 8.26. The first-order valence-corrected chi connectivity index (χ1v) is 7.26. The van der Waals surface area contributed by atoms with Gasteiger partial charge in [0.2, 0.25) is 0 Å². The van der Waals surface area contributed by atoms with E-state index in [-0.39, 0.29) is 0 Å². The summed E-state index contributed by atoms with van der Waals surface area (Å²) in [6.07, 6.45) is 0.829. The normalized spacial score (nSPS) is 10.6. The Labute approximate surface area is 125 Å². The molecule has 0 saturated heterocycles. The van der Waals surface area contributed by atoms with Crippen molar-refractivity contribution >= 4 is 23.6 Å². The molecule has 4 nitrogen and oxygen atoms in total. The molecule has 0 N–H and O–H groups in total. The van der Waals surface area contributed by atoms with Crippen LogP contribution in [0.1, 0.15) is 24.2 Å².